The van der Waals surface area contributed by atoms with Crippen molar-refractivity contribution in [3.05, 3.63) is 64.9 Å². The van der Waals surface area contributed by atoms with Crippen molar-refractivity contribution in [2.75, 3.05) is 5.88 Å². The Kier molecular flexibility index (Phi) is 4.18. The van der Waals surface area contributed by atoms with E-state index in [4.69, 9.17) is 28.2 Å². The minimum atomic E-state index is 0.188. The number of halogens is 2. The summed E-state index contributed by atoms with van der Waals surface area (Å²) in [5, 5.41) is 0.683. The fourth-order valence-corrected chi connectivity index (χ4v) is 3.09. The predicted octanol–water partition coefficient (Wildman–Crippen LogP) is 5.08. The number of fused-ring (bicyclic) bond motifs is 1. The van der Waals surface area contributed by atoms with Crippen LogP contribution in [0.3, 0.4) is 0 Å². The lowest BCUT2D eigenvalue weighted by atomic mass is 10.1. The first-order valence-electron chi connectivity index (χ1n) is 6.98. The smallest absolute Gasteiger partial charge is 0.111 e. The Bertz CT molecular complexity index is 750. The standard InChI is InChI=1S/C17H16Cl2N2/c1-12(13-6-3-2-4-7-13)21-15-9-5-8-14(19)17(15)20-16(21)10-11-18/h2-9,12H,10-11H2,1H3. The fourth-order valence-electron chi connectivity index (χ4n) is 2.70. The van der Waals surface area contributed by atoms with Crippen LogP contribution >= 0.6 is 23.2 Å². The quantitative estimate of drug-likeness (QED) is 0.613. The summed E-state index contributed by atoms with van der Waals surface area (Å²) in [6, 6.07) is 16.5. The molecule has 1 unspecified atom stereocenters. The van der Waals surface area contributed by atoms with Crippen LogP contribution in [-0.4, -0.2) is 15.4 Å². The molecular weight excluding hydrogens is 303 g/mol. The van der Waals surface area contributed by atoms with Crippen LogP contribution in [0.2, 0.25) is 5.02 Å². The lowest BCUT2D eigenvalue weighted by Gasteiger charge is -2.18. The Labute approximate surface area is 134 Å². The highest BCUT2D eigenvalue weighted by Crippen LogP contribution is 2.29. The van der Waals surface area contributed by atoms with Crippen LogP contribution in [0, 0.1) is 0 Å². The summed E-state index contributed by atoms with van der Waals surface area (Å²) in [5.41, 5.74) is 3.15. The van der Waals surface area contributed by atoms with Gasteiger partial charge in [-0.05, 0) is 24.6 Å². The third-order valence-electron chi connectivity index (χ3n) is 3.73. The lowest BCUT2D eigenvalue weighted by molar-refractivity contribution is 0.624. The normalized spacial score (nSPS) is 12.7. The van der Waals surface area contributed by atoms with Crippen molar-refractivity contribution in [3.63, 3.8) is 0 Å². The Balaban J connectivity index is 2.20. The molecule has 2 nitrogen and oxygen atoms in total. The van der Waals surface area contributed by atoms with E-state index in [0.717, 1.165) is 23.3 Å². The number of aromatic nitrogens is 2. The van der Waals surface area contributed by atoms with Gasteiger partial charge in [0.1, 0.15) is 11.3 Å². The van der Waals surface area contributed by atoms with Gasteiger partial charge in [0, 0.05) is 12.3 Å². The molecule has 1 heterocycles. The zero-order valence-corrected chi connectivity index (χ0v) is 13.3. The number of hydrogen-bond donors (Lipinski definition) is 0. The molecule has 4 heteroatoms. The van der Waals surface area contributed by atoms with Crippen LogP contribution in [0.1, 0.15) is 24.4 Å². The number of para-hydroxylation sites is 1. The van der Waals surface area contributed by atoms with Crippen molar-refractivity contribution in [1.29, 1.82) is 0 Å². The van der Waals surface area contributed by atoms with E-state index in [0.29, 0.717) is 10.9 Å². The molecular formula is C17H16Cl2N2. The van der Waals surface area contributed by atoms with Crippen LogP contribution < -0.4 is 0 Å². The van der Waals surface area contributed by atoms with Gasteiger partial charge >= 0.3 is 0 Å². The zero-order chi connectivity index (χ0) is 14.8. The highest BCUT2D eigenvalue weighted by Gasteiger charge is 2.18. The second kappa shape index (κ2) is 6.08. The number of aryl methyl sites for hydroxylation is 1. The molecule has 3 rings (SSSR count). The van der Waals surface area contributed by atoms with Gasteiger partial charge in [-0.15, -0.1) is 11.6 Å². The molecule has 0 N–H and O–H groups in total. The SMILES string of the molecule is CC(c1ccccc1)n1c(CCCl)nc2c(Cl)cccc21. The lowest BCUT2D eigenvalue weighted by Crippen LogP contribution is -2.11. The summed E-state index contributed by atoms with van der Waals surface area (Å²) in [7, 11) is 0. The third kappa shape index (κ3) is 2.66. The summed E-state index contributed by atoms with van der Waals surface area (Å²) in [5.74, 6) is 1.52. The van der Waals surface area contributed by atoms with E-state index in [-0.39, 0.29) is 6.04 Å². The molecule has 0 spiro atoms. The Morgan fingerprint density at radius 1 is 1.10 bits per heavy atom. The molecule has 0 aliphatic rings. The minimum absolute atomic E-state index is 0.188. The van der Waals surface area contributed by atoms with Crippen molar-refractivity contribution >= 4 is 34.2 Å². The van der Waals surface area contributed by atoms with Gasteiger partial charge in [-0.1, -0.05) is 48.0 Å². The number of imidazole rings is 1. The number of hydrogen-bond acceptors (Lipinski definition) is 1. The predicted molar refractivity (Wildman–Crippen MR) is 89.4 cm³/mol. The molecule has 0 radical (unpaired) electrons. The number of rotatable bonds is 4. The molecule has 0 aliphatic carbocycles. The van der Waals surface area contributed by atoms with E-state index in [9.17, 15) is 0 Å². The van der Waals surface area contributed by atoms with E-state index in [1.54, 1.807) is 0 Å². The van der Waals surface area contributed by atoms with Crippen molar-refractivity contribution in [3.8, 4) is 0 Å². The fraction of sp³-hybridized carbons (Fsp3) is 0.235. The first-order valence-corrected chi connectivity index (χ1v) is 7.90. The monoisotopic (exact) mass is 318 g/mol. The molecule has 21 heavy (non-hydrogen) atoms. The topological polar surface area (TPSA) is 17.8 Å². The van der Waals surface area contributed by atoms with Gasteiger partial charge in [-0.3, -0.25) is 0 Å². The summed E-state index contributed by atoms with van der Waals surface area (Å²) in [4.78, 5) is 4.70. The van der Waals surface area contributed by atoms with E-state index >= 15 is 0 Å². The maximum Gasteiger partial charge on any atom is 0.111 e. The van der Waals surface area contributed by atoms with Crippen LogP contribution in [-0.2, 0) is 6.42 Å². The average molecular weight is 319 g/mol. The number of alkyl halides is 1. The highest BCUT2D eigenvalue weighted by molar-refractivity contribution is 6.34. The second-order valence-electron chi connectivity index (χ2n) is 5.03. The first kappa shape index (κ1) is 14.4. The molecule has 1 atom stereocenters. The summed E-state index contributed by atoms with van der Waals surface area (Å²) < 4.78 is 2.24. The molecule has 108 valence electrons. The van der Waals surface area contributed by atoms with Crippen LogP contribution in [0.5, 0.6) is 0 Å². The summed E-state index contributed by atoms with van der Waals surface area (Å²) >= 11 is 12.2. The minimum Gasteiger partial charge on any atom is -0.321 e. The van der Waals surface area contributed by atoms with Crippen molar-refractivity contribution in [2.45, 2.75) is 19.4 Å². The summed E-state index contributed by atoms with van der Waals surface area (Å²) in [6.07, 6.45) is 0.726. The maximum atomic E-state index is 6.28. The van der Waals surface area contributed by atoms with Crippen LogP contribution in [0.15, 0.2) is 48.5 Å². The first-order chi connectivity index (χ1) is 10.2. The number of nitrogens with zero attached hydrogens (tertiary/aromatic N) is 2. The largest absolute Gasteiger partial charge is 0.321 e. The maximum absolute atomic E-state index is 6.28. The summed E-state index contributed by atoms with van der Waals surface area (Å²) in [6.45, 7) is 2.18. The Morgan fingerprint density at radius 2 is 1.86 bits per heavy atom. The Morgan fingerprint density at radius 3 is 2.57 bits per heavy atom. The van der Waals surface area contributed by atoms with Gasteiger partial charge < -0.3 is 4.57 Å². The van der Waals surface area contributed by atoms with Gasteiger partial charge in [0.2, 0.25) is 0 Å². The molecule has 0 amide bonds. The molecule has 0 fully saturated rings. The molecule has 2 aromatic carbocycles. The third-order valence-corrected chi connectivity index (χ3v) is 4.23. The van der Waals surface area contributed by atoms with Gasteiger partial charge in [0.05, 0.1) is 16.6 Å². The van der Waals surface area contributed by atoms with Crippen LogP contribution in [0.4, 0.5) is 0 Å². The van der Waals surface area contributed by atoms with Crippen LogP contribution in [0.25, 0.3) is 11.0 Å². The second-order valence-corrected chi connectivity index (χ2v) is 5.82. The highest BCUT2D eigenvalue weighted by atomic mass is 35.5. The van der Waals surface area contributed by atoms with E-state index < -0.39 is 0 Å². The molecule has 0 saturated heterocycles. The molecule has 0 aliphatic heterocycles. The van der Waals surface area contributed by atoms with E-state index in [2.05, 4.69) is 41.8 Å². The number of benzene rings is 2. The van der Waals surface area contributed by atoms with Gasteiger partial charge in [0.15, 0.2) is 0 Å². The van der Waals surface area contributed by atoms with Gasteiger partial charge in [0.25, 0.3) is 0 Å². The Hall–Kier alpha value is -1.51. The average Bonchev–Trinajstić information content (AvgIpc) is 2.87. The molecule has 3 aromatic rings. The van der Waals surface area contributed by atoms with Crippen molar-refractivity contribution in [2.24, 2.45) is 0 Å². The van der Waals surface area contributed by atoms with Crippen molar-refractivity contribution < 1.29 is 0 Å². The molecule has 1 aromatic heterocycles. The van der Waals surface area contributed by atoms with E-state index in [1.165, 1.54) is 5.56 Å². The van der Waals surface area contributed by atoms with Gasteiger partial charge in [-0.25, -0.2) is 4.98 Å². The molecule has 0 bridgehead atoms. The molecule has 0 saturated carbocycles. The van der Waals surface area contributed by atoms with E-state index in [1.807, 2.05) is 18.2 Å². The zero-order valence-electron chi connectivity index (χ0n) is 11.8. The van der Waals surface area contributed by atoms with Gasteiger partial charge in [-0.2, -0.15) is 0 Å². The van der Waals surface area contributed by atoms with Crippen molar-refractivity contribution in [1.82, 2.24) is 9.55 Å².